The first-order valence-electron chi connectivity index (χ1n) is 5.97. The molecule has 96 valence electrons. The molecule has 1 atom stereocenters. The first kappa shape index (κ1) is 12.4. The molecule has 0 saturated carbocycles. The van der Waals surface area contributed by atoms with Gasteiger partial charge in [0.25, 0.3) is 0 Å². The first-order valence-corrected chi connectivity index (χ1v) is 5.97. The number of carbonyl (C=O) groups excluding carboxylic acids is 2. The molecule has 1 saturated heterocycles. The number of benzene rings is 1. The molecule has 1 aliphatic rings. The molecule has 0 spiro atoms. The Labute approximate surface area is 106 Å². The van der Waals surface area contributed by atoms with E-state index < -0.39 is 0 Å². The molecule has 2 rings (SSSR count). The number of nitrogens with zero attached hydrogens (tertiary/aromatic N) is 1. The number of likely N-dealkylation sites (tertiary alicyclic amines) is 1. The van der Waals surface area contributed by atoms with Crippen LogP contribution in [0.3, 0.4) is 0 Å². The van der Waals surface area contributed by atoms with Crippen molar-refractivity contribution in [3.63, 3.8) is 0 Å². The van der Waals surface area contributed by atoms with Crippen molar-refractivity contribution in [3.05, 3.63) is 24.3 Å². The molecule has 1 fully saturated rings. The number of nitrogens with two attached hydrogens (primary N) is 1. The number of hydrogen-bond acceptors (Lipinski definition) is 3. The maximum Gasteiger partial charge on any atom is 0.228 e. The van der Waals surface area contributed by atoms with Gasteiger partial charge in [-0.05, 0) is 18.6 Å². The van der Waals surface area contributed by atoms with Gasteiger partial charge in [-0.1, -0.05) is 12.1 Å². The molecule has 0 aliphatic carbocycles. The standard InChI is InChI=1S/C13H17N3O2/c1-16-7-6-9(8-12(16)17)13(18)15-11-5-3-2-4-10(11)14/h2-5,9H,6-8,14H2,1H3,(H,15,18). The van der Waals surface area contributed by atoms with Crippen LogP contribution in [0.15, 0.2) is 24.3 Å². The number of nitrogen functional groups attached to an aromatic ring is 1. The second-order valence-electron chi connectivity index (χ2n) is 4.58. The fourth-order valence-corrected chi connectivity index (χ4v) is 2.01. The van der Waals surface area contributed by atoms with Crippen molar-refractivity contribution in [2.75, 3.05) is 24.6 Å². The quantitative estimate of drug-likeness (QED) is 0.768. The van der Waals surface area contributed by atoms with Crippen LogP contribution in [-0.4, -0.2) is 30.3 Å². The lowest BCUT2D eigenvalue weighted by atomic mass is 9.95. The molecule has 3 N–H and O–H groups in total. The normalized spacial score (nSPS) is 19.7. The highest BCUT2D eigenvalue weighted by Gasteiger charge is 2.28. The van der Waals surface area contributed by atoms with Crippen LogP contribution in [0, 0.1) is 5.92 Å². The largest absolute Gasteiger partial charge is 0.397 e. The van der Waals surface area contributed by atoms with Crippen molar-refractivity contribution in [1.82, 2.24) is 4.90 Å². The van der Waals surface area contributed by atoms with E-state index in [9.17, 15) is 9.59 Å². The molecule has 0 radical (unpaired) electrons. The summed E-state index contributed by atoms with van der Waals surface area (Å²) in [6.07, 6.45) is 0.968. The molecule has 5 heteroatoms. The summed E-state index contributed by atoms with van der Waals surface area (Å²) in [6.45, 7) is 0.626. The number of piperidine rings is 1. The molecule has 1 unspecified atom stereocenters. The highest BCUT2D eigenvalue weighted by Crippen LogP contribution is 2.22. The summed E-state index contributed by atoms with van der Waals surface area (Å²) in [6, 6.07) is 7.11. The van der Waals surface area contributed by atoms with Crippen molar-refractivity contribution in [3.8, 4) is 0 Å². The third kappa shape index (κ3) is 2.61. The van der Waals surface area contributed by atoms with Gasteiger partial charge in [0.15, 0.2) is 0 Å². The Bertz CT molecular complexity index is 473. The first-order chi connectivity index (χ1) is 8.58. The van der Waals surface area contributed by atoms with Gasteiger partial charge in [0.2, 0.25) is 11.8 Å². The molecule has 0 aromatic heterocycles. The van der Waals surface area contributed by atoms with E-state index in [2.05, 4.69) is 5.32 Å². The predicted octanol–water partition coefficient (Wildman–Crippen LogP) is 1.08. The number of amides is 2. The van der Waals surface area contributed by atoms with E-state index in [-0.39, 0.29) is 24.2 Å². The van der Waals surface area contributed by atoms with Gasteiger partial charge < -0.3 is 16.0 Å². The van der Waals surface area contributed by atoms with Crippen LogP contribution in [0.1, 0.15) is 12.8 Å². The zero-order valence-corrected chi connectivity index (χ0v) is 10.3. The van der Waals surface area contributed by atoms with Gasteiger partial charge in [0.05, 0.1) is 11.4 Å². The Balaban J connectivity index is 2.01. The number of carbonyl (C=O) groups is 2. The smallest absolute Gasteiger partial charge is 0.228 e. The summed E-state index contributed by atoms with van der Waals surface area (Å²) < 4.78 is 0. The van der Waals surface area contributed by atoms with Crippen LogP contribution in [0.2, 0.25) is 0 Å². The molecule has 1 aromatic carbocycles. The summed E-state index contributed by atoms with van der Waals surface area (Å²) in [5.74, 6) is -0.370. The topological polar surface area (TPSA) is 75.4 Å². The lowest BCUT2D eigenvalue weighted by Crippen LogP contribution is -2.39. The van der Waals surface area contributed by atoms with Gasteiger partial charge in [-0.15, -0.1) is 0 Å². The lowest BCUT2D eigenvalue weighted by molar-refractivity contribution is -0.137. The summed E-state index contributed by atoms with van der Waals surface area (Å²) in [5, 5.41) is 2.78. The third-order valence-corrected chi connectivity index (χ3v) is 3.25. The van der Waals surface area contributed by atoms with Crippen LogP contribution in [0.5, 0.6) is 0 Å². The average Bonchev–Trinajstić information content (AvgIpc) is 2.35. The van der Waals surface area contributed by atoms with E-state index >= 15 is 0 Å². The van der Waals surface area contributed by atoms with E-state index in [0.29, 0.717) is 24.3 Å². The van der Waals surface area contributed by atoms with Gasteiger partial charge in [0, 0.05) is 25.9 Å². The fourth-order valence-electron chi connectivity index (χ4n) is 2.01. The maximum absolute atomic E-state index is 12.0. The summed E-state index contributed by atoms with van der Waals surface area (Å²) in [4.78, 5) is 25.2. The van der Waals surface area contributed by atoms with E-state index in [1.165, 1.54) is 0 Å². The van der Waals surface area contributed by atoms with Crippen LogP contribution in [0.25, 0.3) is 0 Å². The second-order valence-corrected chi connectivity index (χ2v) is 4.58. The minimum absolute atomic E-state index is 0.0161. The Morgan fingerprint density at radius 1 is 1.44 bits per heavy atom. The molecule has 1 heterocycles. The van der Waals surface area contributed by atoms with Crippen molar-refractivity contribution < 1.29 is 9.59 Å². The summed E-state index contributed by atoms with van der Waals surface area (Å²) in [5.41, 5.74) is 6.90. The van der Waals surface area contributed by atoms with E-state index in [4.69, 9.17) is 5.73 Å². The number of anilines is 2. The molecule has 18 heavy (non-hydrogen) atoms. The number of para-hydroxylation sites is 2. The molecule has 5 nitrogen and oxygen atoms in total. The molecule has 2 amide bonds. The van der Waals surface area contributed by atoms with Crippen molar-refractivity contribution in [2.45, 2.75) is 12.8 Å². The van der Waals surface area contributed by atoms with Gasteiger partial charge in [0.1, 0.15) is 0 Å². The van der Waals surface area contributed by atoms with Gasteiger partial charge in [-0.3, -0.25) is 9.59 Å². The van der Waals surface area contributed by atoms with E-state index in [0.717, 1.165) is 0 Å². The Morgan fingerprint density at radius 3 is 2.83 bits per heavy atom. The Kier molecular flexibility index (Phi) is 3.50. The van der Waals surface area contributed by atoms with E-state index in [1.807, 2.05) is 12.1 Å². The molecular formula is C13H17N3O2. The van der Waals surface area contributed by atoms with Gasteiger partial charge in [-0.25, -0.2) is 0 Å². The SMILES string of the molecule is CN1CCC(C(=O)Nc2ccccc2N)CC1=O. The van der Waals surface area contributed by atoms with Crippen LogP contribution in [-0.2, 0) is 9.59 Å². The minimum atomic E-state index is -0.256. The van der Waals surface area contributed by atoms with Crippen molar-refractivity contribution in [1.29, 1.82) is 0 Å². The highest BCUT2D eigenvalue weighted by atomic mass is 16.2. The zero-order chi connectivity index (χ0) is 13.1. The number of rotatable bonds is 2. The van der Waals surface area contributed by atoms with Gasteiger partial charge >= 0.3 is 0 Å². The van der Waals surface area contributed by atoms with Crippen LogP contribution < -0.4 is 11.1 Å². The summed E-state index contributed by atoms with van der Waals surface area (Å²) >= 11 is 0. The predicted molar refractivity (Wildman–Crippen MR) is 69.8 cm³/mol. The van der Waals surface area contributed by atoms with E-state index in [1.54, 1.807) is 24.1 Å². The monoisotopic (exact) mass is 247 g/mol. The molecule has 1 aromatic rings. The van der Waals surface area contributed by atoms with Crippen LogP contribution >= 0.6 is 0 Å². The highest BCUT2D eigenvalue weighted by molar-refractivity contribution is 5.97. The minimum Gasteiger partial charge on any atom is -0.397 e. The maximum atomic E-state index is 12.0. The van der Waals surface area contributed by atoms with Gasteiger partial charge in [-0.2, -0.15) is 0 Å². The summed E-state index contributed by atoms with van der Waals surface area (Å²) in [7, 11) is 1.76. The fraction of sp³-hybridized carbons (Fsp3) is 0.385. The second kappa shape index (κ2) is 5.08. The van der Waals surface area contributed by atoms with Crippen molar-refractivity contribution >= 4 is 23.2 Å². The van der Waals surface area contributed by atoms with Crippen LogP contribution in [0.4, 0.5) is 11.4 Å². The molecule has 0 bridgehead atoms. The average molecular weight is 247 g/mol. The number of hydrogen-bond donors (Lipinski definition) is 2. The molecular weight excluding hydrogens is 230 g/mol. The molecule has 1 aliphatic heterocycles. The third-order valence-electron chi connectivity index (χ3n) is 3.25. The zero-order valence-electron chi connectivity index (χ0n) is 10.3. The Hall–Kier alpha value is -2.04. The number of nitrogens with one attached hydrogen (secondary N) is 1. The van der Waals surface area contributed by atoms with Crippen molar-refractivity contribution in [2.24, 2.45) is 5.92 Å². The Morgan fingerprint density at radius 2 is 2.17 bits per heavy atom. The lowest BCUT2D eigenvalue weighted by Gasteiger charge is -2.28.